The van der Waals surface area contributed by atoms with Crippen LogP contribution in [0.4, 0.5) is 5.69 Å². The van der Waals surface area contributed by atoms with Crippen LogP contribution in [0.15, 0.2) is 51.9 Å². The summed E-state index contributed by atoms with van der Waals surface area (Å²) in [6.45, 7) is 0.294. The predicted octanol–water partition coefficient (Wildman–Crippen LogP) is 2.57. The zero-order chi connectivity index (χ0) is 13.1. The molecule has 6 heteroatoms. The van der Waals surface area contributed by atoms with Crippen molar-refractivity contribution in [3.8, 4) is 0 Å². The summed E-state index contributed by atoms with van der Waals surface area (Å²) in [5, 5.41) is 10.7. The van der Waals surface area contributed by atoms with E-state index in [1.54, 1.807) is 0 Å². The molecule has 2 aromatic rings. The van der Waals surface area contributed by atoms with Crippen LogP contribution in [0.2, 0.25) is 0 Å². The van der Waals surface area contributed by atoms with E-state index >= 15 is 0 Å². The molecule has 92 valence electrons. The van der Waals surface area contributed by atoms with Crippen molar-refractivity contribution in [2.75, 3.05) is 0 Å². The van der Waals surface area contributed by atoms with Crippen LogP contribution in [0.1, 0.15) is 5.56 Å². The Bertz CT molecular complexity index is 652. The second kappa shape index (κ2) is 5.14. The van der Waals surface area contributed by atoms with Gasteiger partial charge in [0.1, 0.15) is 0 Å². The van der Waals surface area contributed by atoms with E-state index in [1.165, 1.54) is 22.9 Å². The Morgan fingerprint density at radius 1 is 1.22 bits per heavy atom. The van der Waals surface area contributed by atoms with Gasteiger partial charge in [0.2, 0.25) is 0 Å². The summed E-state index contributed by atoms with van der Waals surface area (Å²) in [4.78, 5) is 21.8. The molecule has 2 rings (SSSR count). The van der Waals surface area contributed by atoms with Crippen molar-refractivity contribution in [2.24, 2.45) is 0 Å². The van der Waals surface area contributed by atoms with E-state index < -0.39 is 4.92 Å². The number of halogens is 1. The number of nitro groups is 1. The first-order valence-electron chi connectivity index (χ1n) is 5.16. The minimum atomic E-state index is -0.518. The van der Waals surface area contributed by atoms with Crippen LogP contribution in [0.5, 0.6) is 0 Å². The molecule has 0 atom stereocenters. The van der Waals surface area contributed by atoms with Crippen LogP contribution < -0.4 is 5.56 Å². The Labute approximate surface area is 111 Å². The monoisotopic (exact) mass is 308 g/mol. The molecule has 0 aliphatic carbocycles. The van der Waals surface area contributed by atoms with E-state index in [2.05, 4.69) is 15.9 Å². The summed E-state index contributed by atoms with van der Waals surface area (Å²) in [5.41, 5.74) is 0.526. The number of hydrogen-bond acceptors (Lipinski definition) is 3. The summed E-state index contributed by atoms with van der Waals surface area (Å²) >= 11 is 3.38. The normalized spacial score (nSPS) is 10.3. The zero-order valence-corrected chi connectivity index (χ0v) is 10.8. The number of nitrogens with zero attached hydrogens (tertiary/aromatic N) is 2. The topological polar surface area (TPSA) is 65.1 Å². The molecule has 0 spiro atoms. The Balaban J connectivity index is 2.40. The van der Waals surface area contributed by atoms with Gasteiger partial charge in [-0.15, -0.1) is 0 Å². The molecule has 0 aliphatic heterocycles. The zero-order valence-electron chi connectivity index (χ0n) is 9.25. The summed E-state index contributed by atoms with van der Waals surface area (Å²) in [7, 11) is 0. The van der Waals surface area contributed by atoms with Crippen LogP contribution in [-0.2, 0) is 6.54 Å². The highest BCUT2D eigenvalue weighted by molar-refractivity contribution is 9.10. The fourth-order valence-electron chi connectivity index (χ4n) is 1.56. The molecule has 0 bridgehead atoms. The van der Waals surface area contributed by atoms with E-state index in [9.17, 15) is 14.9 Å². The van der Waals surface area contributed by atoms with E-state index in [0.29, 0.717) is 6.54 Å². The van der Waals surface area contributed by atoms with Crippen LogP contribution in [0.25, 0.3) is 0 Å². The smallest absolute Gasteiger partial charge is 0.285 e. The Morgan fingerprint density at radius 2 is 1.94 bits per heavy atom. The molecule has 1 aromatic carbocycles. The van der Waals surface area contributed by atoms with Crippen molar-refractivity contribution in [3.63, 3.8) is 0 Å². The third-order valence-corrected chi connectivity index (χ3v) is 3.25. The molecule has 18 heavy (non-hydrogen) atoms. The van der Waals surface area contributed by atoms with Gasteiger partial charge in [0.15, 0.2) is 0 Å². The minimum Gasteiger partial charge on any atom is -0.304 e. The van der Waals surface area contributed by atoms with Crippen molar-refractivity contribution in [1.82, 2.24) is 4.57 Å². The average Bonchev–Trinajstić information content (AvgIpc) is 2.34. The molecular weight excluding hydrogens is 300 g/mol. The van der Waals surface area contributed by atoms with Gasteiger partial charge in [-0.3, -0.25) is 14.9 Å². The van der Waals surface area contributed by atoms with Gasteiger partial charge >= 0.3 is 0 Å². The van der Waals surface area contributed by atoms with Crippen molar-refractivity contribution < 1.29 is 4.92 Å². The average molecular weight is 309 g/mol. The lowest BCUT2D eigenvalue weighted by atomic mass is 10.2. The second-order valence-corrected chi connectivity index (χ2v) is 4.56. The van der Waals surface area contributed by atoms with Crippen molar-refractivity contribution >= 4 is 21.6 Å². The van der Waals surface area contributed by atoms with Crippen LogP contribution >= 0.6 is 15.9 Å². The molecule has 5 nitrogen and oxygen atoms in total. The van der Waals surface area contributed by atoms with Gasteiger partial charge in [0, 0.05) is 16.6 Å². The third kappa shape index (κ3) is 2.65. The maximum atomic E-state index is 11.6. The third-order valence-electron chi connectivity index (χ3n) is 2.48. The van der Waals surface area contributed by atoms with Gasteiger partial charge in [-0.1, -0.05) is 34.1 Å². The van der Waals surface area contributed by atoms with E-state index in [1.807, 2.05) is 24.3 Å². The van der Waals surface area contributed by atoms with Crippen molar-refractivity contribution in [3.05, 3.63) is 73.1 Å². The second-order valence-electron chi connectivity index (χ2n) is 3.70. The van der Waals surface area contributed by atoms with Gasteiger partial charge in [0.05, 0.1) is 17.7 Å². The lowest BCUT2D eigenvalue weighted by Crippen LogP contribution is -2.19. The SMILES string of the molecule is O=c1ccc([N+](=O)[O-])cn1Cc1ccccc1Br. The first-order valence-corrected chi connectivity index (χ1v) is 5.95. The highest BCUT2D eigenvalue weighted by atomic mass is 79.9. The molecule has 0 radical (unpaired) electrons. The molecule has 0 saturated heterocycles. The van der Waals surface area contributed by atoms with Crippen LogP contribution in [0.3, 0.4) is 0 Å². The Kier molecular flexibility index (Phi) is 3.57. The summed E-state index contributed by atoms with van der Waals surface area (Å²) in [6.07, 6.45) is 1.25. The molecule has 0 aliphatic rings. The van der Waals surface area contributed by atoms with Gasteiger partial charge in [-0.25, -0.2) is 0 Å². The Morgan fingerprint density at radius 3 is 2.61 bits per heavy atom. The van der Waals surface area contributed by atoms with Gasteiger partial charge in [-0.05, 0) is 11.6 Å². The molecule has 0 saturated carbocycles. The summed E-state index contributed by atoms with van der Waals surface area (Å²) < 4.78 is 2.18. The number of benzene rings is 1. The first-order chi connectivity index (χ1) is 8.58. The molecule has 1 heterocycles. The van der Waals surface area contributed by atoms with E-state index in [-0.39, 0.29) is 11.2 Å². The standard InChI is InChI=1S/C12H9BrN2O3/c13-11-4-2-1-3-9(11)7-14-8-10(15(17)18)5-6-12(14)16/h1-6,8H,7H2. The van der Waals surface area contributed by atoms with Crippen LogP contribution in [0, 0.1) is 10.1 Å². The molecule has 0 unspecified atom stereocenters. The molecule has 0 amide bonds. The predicted molar refractivity (Wildman–Crippen MR) is 70.6 cm³/mol. The number of hydrogen-bond donors (Lipinski definition) is 0. The quantitative estimate of drug-likeness (QED) is 0.646. The first kappa shape index (κ1) is 12.5. The highest BCUT2D eigenvalue weighted by Gasteiger charge is 2.08. The number of rotatable bonds is 3. The lowest BCUT2D eigenvalue weighted by Gasteiger charge is -2.07. The summed E-state index contributed by atoms with van der Waals surface area (Å²) in [6, 6.07) is 9.84. The molecule has 0 fully saturated rings. The maximum Gasteiger partial charge on any atom is 0.285 e. The maximum absolute atomic E-state index is 11.6. The number of aromatic nitrogens is 1. The molecule has 1 aromatic heterocycles. The Hall–Kier alpha value is -1.95. The van der Waals surface area contributed by atoms with Gasteiger partial charge in [-0.2, -0.15) is 0 Å². The summed E-state index contributed by atoms with van der Waals surface area (Å²) in [5.74, 6) is 0. The van der Waals surface area contributed by atoms with Crippen molar-refractivity contribution in [2.45, 2.75) is 6.54 Å². The number of pyridine rings is 1. The van der Waals surface area contributed by atoms with Crippen molar-refractivity contribution in [1.29, 1.82) is 0 Å². The minimum absolute atomic E-state index is 0.0957. The van der Waals surface area contributed by atoms with Gasteiger partial charge in [0.25, 0.3) is 11.2 Å². The fraction of sp³-hybridized carbons (Fsp3) is 0.0833. The van der Waals surface area contributed by atoms with E-state index in [0.717, 1.165) is 10.0 Å². The molecule has 0 N–H and O–H groups in total. The largest absolute Gasteiger partial charge is 0.304 e. The van der Waals surface area contributed by atoms with Gasteiger partial charge < -0.3 is 4.57 Å². The molecular formula is C12H9BrN2O3. The fourth-order valence-corrected chi connectivity index (χ4v) is 1.97. The lowest BCUT2D eigenvalue weighted by molar-refractivity contribution is -0.385. The van der Waals surface area contributed by atoms with Crippen LogP contribution in [-0.4, -0.2) is 9.49 Å². The van der Waals surface area contributed by atoms with E-state index in [4.69, 9.17) is 0 Å². The highest BCUT2D eigenvalue weighted by Crippen LogP contribution is 2.17.